The molecule has 0 aliphatic carbocycles. The van der Waals surface area contributed by atoms with Gasteiger partial charge in [0.2, 0.25) is 0 Å². The monoisotopic (exact) mass is 791 g/mol. The highest BCUT2D eigenvalue weighted by Crippen LogP contribution is 2.40. The maximum absolute atomic E-state index is 10.5. The molecule has 0 aliphatic heterocycles. The molecular formula is C55H33N7. The third kappa shape index (κ3) is 6.87. The number of aromatic nitrogens is 3. The molecule has 0 unspecified atom stereocenters. The molecule has 7 heteroatoms. The van der Waals surface area contributed by atoms with Crippen molar-refractivity contribution in [2.75, 3.05) is 4.90 Å². The minimum atomic E-state index is 0.551. The average molecular weight is 792 g/mol. The van der Waals surface area contributed by atoms with Crippen LogP contribution in [0.2, 0.25) is 0 Å². The average Bonchev–Trinajstić information content (AvgIpc) is 3.68. The van der Waals surface area contributed by atoms with Gasteiger partial charge in [-0.3, -0.25) is 0 Å². The van der Waals surface area contributed by atoms with Crippen molar-refractivity contribution in [1.82, 2.24) is 14.5 Å². The molecule has 7 nitrogen and oxygen atoms in total. The first-order chi connectivity index (χ1) is 30.6. The van der Waals surface area contributed by atoms with Gasteiger partial charge in [-0.25, -0.2) is 9.97 Å². The van der Waals surface area contributed by atoms with Crippen molar-refractivity contribution < 1.29 is 0 Å². The van der Waals surface area contributed by atoms with Gasteiger partial charge < -0.3 is 9.47 Å². The number of hydrogen-bond donors (Lipinski definition) is 0. The minimum absolute atomic E-state index is 0.551. The fraction of sp³-hybridized carbons (Fsp3) is 0. The molecule has 2 heterocycles. The summed E-state index contributed by atoms with van der Waals surface area (Å²) < 4.78 is 2.27. The van der Waals surface area contributed by atoms with Crippen molar-refractivity contribution in [2.24, 2.45) is 0 Å². The lowest BCUT2D eigenvalue weighted by Crippen LogP contribution is -2.10. The van der Waals surface area contributed by atoms with Crippen LogP contribution in [-0.2, 0) is 0 Å². The zero-order valence-electron chi connectivity index (χ0n) is 33.2. The quantitative estimate of drug-likeness (QED) is 0.152. The van der Waals surface area contributed by atoms with Crippen LogP contribution in [0.1, 0.15) is 16.7 Å². The molecule has 62 heavy (non-hydrogen) atoms. The number of para-hydroxylation sites is 1. The van der Waals surface area contributed by atoms with E-state index in [-0.39, 0.29) is 0 Å². The Kier molecular flexibility index (Phi) is 9.56. The van der Waals surface area contributed by atoms with Gasteiger partial charge in [-0.15, -0.1) is 0 Å². The lowest BCUT2D eigenvalue weighted by molar-refractivity contribution is 1.18. The van der Waals surface area contributed by atoms with E-state index < -0.39 is 0 Å². The highest BCUT2D eigenvalue weighted by atomic mass is 15.1. The zero-order chi connectivity index (χ0) is 42.0. The molecule has 0 aliphatic rings. The van der Waals surface area contributed by atoms with Crippen LogP contribution >= 0.6 is 0 Å². The van der Waals surface area contributed by atoms with Gasteiger partial charge in [0.05, 0.1) is 57.3 Å². The van der Waals surface area contributed by atoms with E-state index in [4.69, 9.17) is 9.97 Å². The fourth-order valence-electron chi connectivity index (χ4n) is 8.10. The Bertz CT molecular complexity index is 3290. The first kappa shape index (κ1) is 37.2. The summed E-state index contributed by atoms with van der Waals surface area (Å²) in [6.07, 6.45) is 0. The number of rotatable bonds is 8. The van der Waals surface area contributed by atoms with Crippen molar-refractivity contribution in [3.8, 4) is 68.9 Å². The van der Waals surface area contributed by atoms with Crippen LogP contribution in [0, 0.1) is 34.0 Å². The van der Waals surface area contributed by atoms with Gasteiger partial charge >= 0.3 is 0 Å². The van der Waals surface area contributed by atoms with Crippen LogP contribution in [0.15, 0.2) is 200 Å². The van der Waals surface area contributed by atoms with Crippen LogP contribution < -0.4 is 4.90 Å². The van der Waals surface area contributed by atoms with Gasteiger partial charge in [-0.2, -0.15) is 15.8 Å². The lowest BCUT2D eigenvalue weighted by Gasteiger charge is -2.25. The Morgan fingerprint density at radius 2 is 0.952 bits per heavy atom. The van der Waals surface area contributed by atoms with Crippen LogP contribution in [0.5, 0.6) is 0 Å². The van der Waals surface area contributed by atoms with E-state index in [2.05, 4.69) is 94.4 Å². The number of nitrogens with zero attached hydrogens (tertiary/aromatic N) is 7. The molecule has 0 fully saturated rings. The zero-order valence-corrected chi connectivity index (χ0v) is 33.2. The summed E-state index contributed by atoms with van der Waals surface area (Å²) in [5.41, 5.74) is 13.6. The maximum Gasteiger partial charge on any atom is 0.160 e. The Balaban J connectivity index is 1.02. The Morgan fingerprint density at radius 1 is 0.403 bits per heavy atom. The van der Waals surface area contributed by atoms with E-state index in [0.29, 0.717) is 22.5 Å². The SMILES string of the molecule is N#Cc1ccc(N(c2ccc(C#N)cc2)c2ccc3c(c2)c2ccccc2n3-c2ccc(-c3ccc(-c4cc(-c5ccccc5)nc(-c5ccccc5)n4)cc3C#N)cc2)cc1. The van der Waals surface area contributed by atoms with Gasteiger partial charge in [-0.05, 0) is 108 Å². The smallest absolute Gasteiger partial charge is 0.160 e. The molecule has 0 N–H and O–H groups in total. The maximum atomic E-state index is 10.5. The molecule has 0 saturated heterocycles. The molecule has 288 valence electrons. The molecule has 0 spiro atoms. The molecule has 0 saturated carbocycles. The van der Waals surface area contributed by atoms with Crippen molar-refractivity contribution in [1.29, 1.82) is 15.8 Å². The molecule has 10 aromatic rings. The molecular weight excluding hydrogens is 759 g/mol. The third-order valence-corrected chi connectivity index (χ3v) is 11.1. The molecule has 0 radical (unpaired) electrons. The minimum Gasteiger partial charge on any atom is -0.310 e. The highest BCUT2D eigenvalue weighted by Gasteiger charge is 2.19. The molecule has 2 aromatic heterocycles. The number of benzene rings is 8. The largest absolute Gasteiger partial charge is 0.310 e. The van der Waals surface area contributed by atoms with Gasteiger partial charge in [0.15, 0.2) is 5.82 Å². The van der Waals surface area contributed by atoms with E-state index in [9.17, 15) is 15.8 Å². The normalized spacial score (nSPS) is 10.9. The standard InChI is InChI=1S/C55H33N7/c56-34-37-15-22-44(23-16-37)61(45-24-17-38(35-57)18-25-45)47-28-30-54-50(32-47)49-13-7-8-14-53(49)62(54)46-26-19-39(20-27-46)48-29-21-42(31-43(48)36-58)52-33-51(40-9-3-1-4-10-40)59-55(60-52)41-11-5-2-6-12-41/h1-33H. The predicted molar refractivity (Wildman–Crippen MR) is 247 cm³/mol. The summed E-state index contributed by atoms with van der Waals surface area (Å²) in [7, 11) is 0. The topological polar surface area (TPSA) is 105 Å². The molecule has 0 bridgehead atoms. The summed E-state index contributed by atoms with van der Waals surface area (Å²) in [4.78, 5) is 12.0. The first-order valence-corrected chi connectivity index (χ1v) is 20.1. The van der Waals surface area contributed by atoms with Crippen LogP contribution in [0.4, 0.5) is 17.1 Å². The van der Waals surface area contributed by atoms with E-state index in [1.165, 1.54) is 0 Å². The Hall–Kier alpha value is -9.09. The van der Waals surface area contributed by atoms with Gasteiger partial charge in [-0.1, -0.05) is 103 Å². The first-order valence-electron chi connectivity index (χ1n) is 20.1. The van der Waals surface area contributed by atoms with E-state index in [0.717, 1.165) is 83.8 Å². The van der Waals surface area contributed by atoms with Crippen LogP contribution in [-0.4, -0.2) is 14.5 Å². The fourth-order valence-corrected chi connectivity index (χ4v) is 8.10. The van der Waals surface area contributed by atoms with E-state index in [1.807, 2.05) is 133 Å². The predicted octanol–water partition coefficient (Wildman–Crippen LogP) is 13.3. The Labute approximate surface area is 358 Å². The van der Waals surface area contributed by atoms with Crippen molar-refractivity contribution in [3.05, 3.63) is 217 Å². The van der Waals surface area contributed by atoms with E-state index >= 15 is 0 Å². The van der Waals surface area contributed by atoms with Gasteiger partial charge in [0, 0.05) is 50.2 Å². The van der Waals surface area contributed by atoms with E-state index in [1.54, 1.807) is 0 Å². The third-order valence-electron chi connectivity index (χ3n) is 11.1. The summed E-state index contributed by atoms with van der Waals surface area (Å²) in [6, 6.07) is 73.0. The summed E-state index contributed by atoms with van der Waals surface area (Å²) in [5, 5.41) is 31.6. The summed E-state index contributed by atoms with van der Waals surface area (Å²) in [5.74, 6) is 0.622. The second kappa shape index (κ2) is 15.9. The second-order valence-corrected chi connectivity index (χ2v) is 14.8. The summed E-state index contributed by atoms with van der Waals surface area (Å²) >= 11 is 0. The number of fused-ring (bicyclic) bond motifs is 3. The van der Waals surface area contributed by atoms with Crippen molar-refractivity contribution >= 4 is 38.9 Å². The molecule has 0 atom stereocenters. The van der Waals surface area contributed by atoms with Crippen LogP contribution in [0.25, 0.3) is 72.5 Å². The number of anilines is 3. The Morgan fingerprint density at radius 3 is 1.58 bits per heavy atom. The van der Waals surface area contributed by atoms with Gasteiger partial charge in [0.25, 0.3) is 0 Å². The molecule has 0 amide bonds. The molecule has 10 rings (SSSR count). The highest BCUT2D eigenvalue weighted by molar-refractivity contribution is 6.10. The number of hydrogen-bond acceptors (Lipinski definition) is 6. The van der Waals surface area contributed by atoms with Crippen molar-refractivity contribution in [3.63, 3.8) is 0 Å². The summed E-state index contributed by atoms with van der Waals surface area (Å²) in [6.45, 7) is 0. The molecule has 8 aromatic carbocycles. The van der Waals surface area contributed by atoms with Gasteiger partial charge in [0.1, 0.15) is 0 Å². The second-order valence-electron chi connectivity index (χ2n) is 14.8. The lowest BCUT2D eigenvalue weighted by atomic mass is 9.96. The number of nitriles is 3. The van der Waals surface area contributed by atoms with Crippen molar-refractivity contribution in [2.45, 2.75) is 0 Å². The van der Waals surface area contributed by atoms with Crippen LogP contribution in [0.3, 0.4) is 0 Å².